The number of nitrogens with zero attached hydrogens (tertiary/aromatic N) is 2. The summed E-state index contributed by atoms with van der Waals surface area (Å²) in [5, 5.41) is 9.91. The Bertz CT molecular complexity index is 535. The molecule has 100 valence electrons. The zero-order chi connectivity index (χ0) is 13.3. The van der Waals surface area contributed by atoms with Crippen molar-refractivity contribution < 1.29 is 13.5 Å². The van der Waals surface area contributed by atoms with Gasteiger partial charge in [-0.2, -0.15) is 4.31 Å². The number of hydrogen-bond acceptors (Lipinski definition) is 4. The third-order valence-corrected chi connectivity index (χ3v) is 5.29. The molecule has 0 saturated carbocycles. The number of pyridine rings is 1. The van der Waals surface area contributed by atoms with Crippen molar-refractivity contribution in [3.05, 3.63) is 23.5 Å². The SMILES string of the molecule is CC1CCN(S(=O)(=O)c2ccnc(Cl)c2)CC1O. The minimum Gasteiger partial charge on any atom is -0.391 e. The predicted molar refractivity (Wildman–Crippen MR) is 67.8 cm³/mol. The molecule has 0 bridgehead atoms. The lowest BCUT2D eigenvalue weighted by Gasteiger charge is -2.33. The minimum atomic E-state index is -3.59. The molecule has 2 unspecified atom stereocenters. The molecule has 5 nitrogen and oxygen atoms in total. The summed E-state index contributed by atoms with van der Waals surface area (Å²) in [6, 6.07) is 2.73. The maximum absolute atomic E-state index is 12.3. The quantitative estimate of drug-likeness (QED) is 0.829. The first-order valence-corrected chi connectivity index (χ1v) is 7.53. The number of aliphatic hydroxyl groups excluding tert-OH is 1. The van der Waals surface area contributed by atoms with Crippen molar-refractivity contribution >= 4 is 21.6 Å². The van der Waals surface area contributed by atoms with Gasteiger partial charge in [-0.3, -0.25) is 0 Å². The zero-order valence-electron chi connectivity index (χ0n) is 9.95. The first-order valence-electron chi connectivity index (χ1n) is 5.71. The van der Waals surface area contributed by atoms with Crippen LogP contribution in [0.25, 0.3) is 0 Å². The summed E-state index contributed by atoms with van der Waals surface area (Å²) in [5.74, 6) is 0.123. The van der Waals surface area contributed by atoms with E-state index in [1.807, 2.05) is 6.92 Å². The van der Waals surface area contributed by atoms with Gasteiger partial charge in [0.2, 0.25) is 10.0 Å². The van der Waals surface area contributed by atoms with Crippen LogP contribution in [0.1, 0.15) is 13.3 Å². The van der Waals surface area contributed by atoms with Crippen molar-refractivity contribution in [1.82, 2.24) is 9.29 Å². The lowest BCUT2D eigenvalue weighted by atomic mass is 9.98. The molecule has 0 spiro atoms. The lowest BCUT2D eigenvalue weighted by molar-refractivity contribution is 0.0605. The summed E-state index contributed by atoms with van der Waals surface area (Å²) in [5.41, 5.74) is 0. The number of halogens is 1. The van der Waals surface area contributed by atoms with Gasteiger partial charge in [0.1, 0.15) is 5.15 Å². The zero-order valence-corrected chi connectivity index (χ0v) is 11.5. The number of β-amino-alcohol motifs (C(OH)–C–C–N with tert-alkyl or cyclic N) is 1. The van der Waals surface area contributed by atoms with E-state index in [2.05, 4.69) is 4.98 Å². The van der Waals surface area contributed by atoms with Crippen molar-refractivity contribution in [2.75, 3.05) is 13.1 Å². The second-order valence-electron chi connectivity index (χ2n) is 4.51. The van der Waals surface area contributed by atoms with Gasteiger partial charge < -0.3 is 5.11 Å². The number of aromatic nitrogens is 1. The molecule has 2 heterocycles. The largest absolute Gasteiger partial charge is 0.391 e. The second-order valence-corrected chi connectivity index (χ2v) is 6.84. The maximum atomic E-state index is 12.3. The van der Waals surface area contributed by atoms with Crippen LogP contribution >= 0.6 is 11.6 Å². The van der Waals surface area contributed by atoms with E-state index < -0.39 is 16.1 Å². The van der Waals surface area contributed by atoms with Crippen molar-refractivity contribution in [3.63, 3.8) is 0 Å². The van der Waals surface area contributed by atoms with Gasteiger partial charge in [-0.05, 0) is 24.5 Å². The van der Waals surface area contributed by atoms with E-state index in [-0.39, 0.29) is 22.5 Å². The number of sulfonamides is 1. The fourth-order valence-corrected chi connectivity index (χ4v) is 3.66. The topological polar surface area (TPSA) is 70.5 Å². The summed E-state index contributed by atoms with van der Waals surface area (Å²) < 4.78 is 25.9. The van der Waals surface area contributed by atoms with Gasteiger partial charge in [-0.1, -0.05) is 18.5 Å². The number of hydrogen-bond donors (Lipinski definition) is 1. The Morgan fingerprint density at radius 1 is 1.56 bits per heavy atom. The van der Waals surface area contributed by atoms with Gasteiger partial charge in [-0.15, -0.1) is 0 Å². The Morgan fingerprint density at radius 2 is 2.28 bits per heavy atom. The Hall–Kier alpha value is -0.690. The van der Waals surface area contributed by atoms with Crippen LogP contribution in [0.5, 0.6) is 0 Å². The summed E-state index contributed by atoms with van der Waals surface area (Å²) in [4.78, 5) is 3.87. The highest BCUT2D eigenvalue weighted by Gasteiger charge is 2.32. The molecule has 1 fully saturated rings. The van der Waals surface area contributed by atoms with Gasteiger partial charge in [0.15, 0.2) is 0 Å². The van der Waals surface area contributed by atoms with Crippen LogP contribution in [0.15, 0.2) is 23.2 Å². The first-order chi connectivity index (χ1) is 8.41. The van der Waals surface area contributed by atoms with Gasteiger partial charge in [0.25, 0.3) is 0 Å². The number of rotatable bonds is 2. The average Bonchev–Trinajstić information content (AvgIpc) is 2.32. The fourth-order valence-electron chi connectivity index (χ4n) is 1.93. The van der Waals surface area contributed by atoms with Crippen molar-refractivity contribution in [3.8, 4) is 0 Å². The highest BCUT2D eigenvalue weighted by molar-refractivity contribution is 7.89. The van der Waals surface area contributed by atoms with Crippen molar-refractivity contribution in [2.45, 2.75) is 24.3 Å². The predicted octanol–water partition coefficient (Wildman–Crippen LogP) is 1.13. The Morgan fingerprint density at radius 3 is 2.89 bits per heavy atom. The third kappa shape index (κ3) is 2.66. The van der Waals surface area contributed by atoms with Crippen LogP contribution < -0.4 is 0 Å². The molecular weight excluding hydrogens is 276 g/mol. The van der Waals surface area contributed by atoms with Gasteiger partial charge in [0, 0.05) is 19.3 Å². The molecule has 0 amide bonds. The number of aliphatic hydroxyl groups is 1. The van der Waals surface area contributed by atoms with E-state index in [0.717, 1.165) is 0 Å². The molecule has 0 aliphatic carbocycles. The average molecular weight is 291 g/mol. The summed E-state index contributed by atoms with van der Waals surface area (Å²) in [7, 11) is -3.59. The van der Waals surface area contributed by atoms with Crippen LogP contribution in [0.4, 0.5) is 0 Å². The summed E-state index contributed by atoms with van der Waals surface area (Å²) in [6.45, 7) is 2.46. The van der Waals surface area contributed by atoms with Crippen LogP contribution in [0, 0.1) is 5.92 Å². The van der Waals surface area contributed by atoms with Gasteiger partial charge in [0.05, 0.1) is 11.0 Å². The van der Waals surface area contributed by atoms with Gasteiger partial charge in [-0.25, -0.2) is 13.4 Å². The highest BCUT2D eigenvalue weighted by Crippen LogP contribution is 2.24. The molecule has 1 aromatic rings. The Labute approximate surface area is 111 Å². The van der Waals surface area contributed by atoms with Gasteiger partial charge >= 0.3 is 0 Å². The molecule has 2 atom stereocenters. The Kier molecular flexibility index (Phi) is 3.91. The smallest absolute Gasteiger partial charge is 0.243 e. The molecule has 1 saturated heterocycles. The fraction of sp³-hybridized carbons (Fsp3) is 0.545. The van der Waals surface area contributed by atoms with Crippen LogP contribution in [0.2, 0.25) is 5.15 Å². The molecule has 0 aromatic carbocycles. The van der Waals surface area contributed by atoms with Crippen molar-refractivity contribution in [2.24, 2.45) is 5.92 Å². The molecule has 2 rings (SSSR count). The van der Waals surface area contributed by atoms with Crippen LogP contribution in [0.3, 0.4) is 0 Å². The van der Waals surface area contributed by atoms with E-state index >= 15 is 0 Å². The second kappa shape index (κ2) is 5.13. The highest BCUT2D eigenvalue weighted by atomic mass is 35.5. The first kappa shape index (κ1) is 13.7. The molecule has 7 heteroatoms. The van der Waals surface area contributed by atoms with Crippen LogP contribution in [-0.2, 0) is 10.0 Å². The summed E-state index contributed by atoms with van der Waals surface area (Å²) in [6.07, 6.45) is 1.39. The van der Waals surface area contributed by atoms with E-state index in [0.29, 0.717) is 13.0 Å². The molecular formula is C11H15ClN2O3S. The number of piperidine rings is 1. The van der Waals surface area contributed by atoms with E-state index in [1.165, 1.54) is 22.6 Å². The standard InChI is InChI=1S/C11H15ClN2O3S/c1-8-3-5-14(7-10(8)15)18(16,17)9-2-4-13-11(12)6-9/h2,4,6,8,10,15H,3,5,7H2,1H3. The molecule has 1 aliphatic heterocycles. The molecule has 1 N–H and O–H groups in total. The monoisotopic (exact) mass is 290 g/mol. The van der Waals surface area contributed by atoms with E-state index in [4.69, 9.17) is 11.6 Å². The molecule has 0 radical (unpaired) electrons. The Balaban J connectivity index is 2.27. The summed E-state index contributed by atoms with van der Waals surface area (Å²) >= 11 is 5.70. The van der Waals surface area contributed by atoms with Crippen LogP contribution in [-0.4, -0.2) is 42.0 Å². The normalized spacial score (nSPS) is 26.2. The molecule has 1 aliphatic rings. The lowest BCUT2D eigenvalue weighted by Crippen LogP contribution is -2.45. The minimum absolute atomic E-state index is 0.115. The third-order valence-electron chi connectivity index (χ3n) is 3.22. The van der Waals surface area contributed by atoms with E-state index in [1.54, 1.807) is 0 Å². The maximum Gasteiger partial charge on any atom is 0.243 e. The van der Waals surface area contributed by atoms with Crippen molar-refractivity contribution in [1.29, 1.82) is 0 Å². The molecule has 1 aromatic heterocycles. The van der Waals surface area contributed by atoms with E-state index in [9.17, 15) is 13.5 Å². The molecule has 18 heavy (non-hydrogen) atoms.